The van der Waals surface area contributed by atoms with Gasteiger partial charge in [-0.1, -0.05) is 41.0 Å². The Balaban J connectivity index is 2.42. The molecule has 0 saturated carbocycles. The van der Waals surface area contributed by atoms with E-state index >= 15 is 0 Å². The van der Waals surface area contributed by atoms with Gasteiger partial charge in [-0.3, -0.25) is 28.9 Å². The van der Waals surface area contributed by atoms with E-state index in [9.17, 15) is 24.0 Å². The van der Waals surface area contributed by atoms with Gasteiger partial charge in [0.25, 0.3) is 11.8 Å². The molecule has 8 heteroatoms. The average Bonchev–Trinajstić information content (AvgIpc) is 2.95. The first-order chi connectivity index (χ1) is 13.8. The quantitative estimate of drug-likeness (QED) is 0.390. The van der Waals surface area contributed by atoms with Gasteiger partial charge in [-0.25, -0.2) is 0 Å². The molecule has 0 aromatic carbocycles. The van der Waals surface area contributed by atoms with Crippen LogP contribution in [0.1, 0.15) is 67.2 Å². The lowest BCUT2D eigenvalue weighted by atomic mass is 9.87. The molecule has 2 atom stereocenters. The van der Waals surface area contributed by atoms with Gasteiger partial charge in [0.1, 0.15) is 6.04 Å². The molecule has 1 aliphatic rings. The normalized spacial score (nSPS) is 16.0. The number of rotatable bonds is 11. The first-order valence-electron chi connectivity index (χ1n) is 10.5. The second-order valence-electron chi connectivity index (χ2n) is 9.11. The van der Waals surface area contributed by atoms with Crippen molar-refractivity contribution in [2.75, 3.05) is 6.54 Å². The lowest BCUT2D eigenvalue weighted by molar-refractivity contribution is -0.137. The number of amides is 4. The molecule has 168 valence electrons. The minimum absolute atomic E-state index is 0.0742. The molecular weight excluding hydrogens is 386 g/mol. The third kappa shape index (κ3) is 7.72. The largest absolute Gasteiger partial charge is 0.345 e. The van der Waals surface area contributed by atoms with Gasteiger partial charge in [-0.15, -0.1) is 0 Å². The van der Waals surface area contributed by atoms with Gasteiger partial charge in [0.2, 0.25) is 11.8 Å². The summed E-state index contributed by atoms with van der Waals surface area (Å²) in [6.07, 6.45) is 4.63. The molecule has 0 aromatic rings. The lowest BCUT2D eigenvalue weighted by Crippen LogP contribution is -2.54. The number of Topliss-reactive ketones (excluding diaryl/α,β-unsaturated/α-hetero) is 1. The van der Waals surface area contributed by atoms with E-state index in [0.717, 1.165) is 0 Å². The molecule has 30 heavy (non-hydrogen) atoms. The summed E-state index contributed by atoms with van der Waals surface area (Å²) in [6.45, 7) is 11.0. The van der Waals surface area contributed by atoms with E-state index in [0.29, 0.717) is 25.8 Å². The van der Waals surface area contributed by atoms with Crippen molar-refractivity contribution < 1.29 is 24.0 Å². The smallest absolute Gasteiger partial charge is 0.253 e. The molecule has 0 saturated heterocycles. The third-order valence-electron chi connectivity index (χ3n) is 4.94. The number of carbonyl (C=O) groups is 5. The molecule has 2 unspecified atom stereocenters. The molecule has 0 aromatic heterocycles. The van der Waals surface area contributed by atoms with E-state index in [1.165, 1.54) is 17.1 Å². The zero-order valence-electron chi connectivity index (χ0n) is 18.9. The number of hydrogen-bond donors (Lipinski definition) is 2. The number of carbonyl (C=O) groups excluding carboxylic acids is 5. The van der Waals surface area contributed by atoms with Crippen LogP contribution in [-0.2, 0) is 24.0 Å². The Morgan fingerprint density at radius 3 is 2.00 bits per heavy atom. The van der Waals surface area contributed by atoms with Crippen molar-refractivity contribution in [2.45, 2.75) is 79.3 Å². The highest BCUT2D eigenvalue weighted by Gasteiger charge is 2.31. The minimum atomic E-state index is -0.723. The number of ketones is 1. The molecular formula is C22H35N3O5. The van der Waals surface area contributed by atoms with Crippen LogP contribution in [0.4, 0.5) is 0 Å². The van der Waals surface area contributed by atoms with Gasteiger partial charge < -0.3 is 10.6 Å². The van der Waals surface area contributed by atoms with Crippen molar-refractivity contribution >= 4 is 29.4 Å². The maximum absolute atomic E-state index is 12.6. The van der Waals surface area contributed by atoms with Crippen LogP contribution in [-0.4, -0.2) is 52.9 Å². The molecule has 0 radical (unpaired) electrons. The first kappa shape index (κ1) is 25.5. The zero-order valence-corrected chi connectivity index (χ0v) is 18.9. The second kappa shape index (κ2) is 11.0. The Morgan fingerprint density at radius 1 is 0.933 bits per heavy atom. The molecule has 1 rings (SSSR count). The summed E-state index contributed by atoms with van der Waals surface area (Å²) in [5.74, 6) is -1.43. The Kier molecular flexibility index (Phi) is 9.39. The van der Waals surface area contributed by atoms with Crippen LogP contribution in [0.25, 0.3) is 0 Å². The summed E-state index contributed by atoms with van der Waals surface area (Å²) < 4.78 is 0. The lowest BCUT2D eigenvalue weighted by Gasteiger charge is -2.26. The standard InChI is InChI=1S/C22H35N3O5/c1-14(2)19(21(30)23-15(3)20(29)22(4,5)6)24-16(26)10-8-7-9-13-25-17(27)11-12-18(25)28/h11-12,14-15,19H,7-10,13H2,1-6H3,(H,23,30)(H,24,26). The molecule has 2 N–H and O–H groups in total. The number of nitrogens with zero attached hydrogens (tertiary/aromatic N) is 1. The van der Waals surface area contributed by atoms with Gasteiger partial charge in [0.05, 0.1) is 6.04 Å². The summed E-state index contributed by atoms with van der Waals surface area (Å²) >= 11 is 0. The highest BCUT2D eigenvalue weighted by Crippen LogP contribution is 2.17. The molecule has 0 spiro atoms. The van der Waals surface area contributed by atoms with Crippen LogP contribution < -0.4 is 10.6 Å². The van der Waals surface area contributed by atoms with E-state index in [2.05, 4.69) is 10.6 Å². The molecule has 0 bridgehead atoms. The Bertz CT molecular complexity index is 688. The fraction of sp³-hybridized carbons (Fsp3) is 0.682. The van der Waals surface area contributed by atoms with Crippen LogP contribution in [0.15, 0.2) is 12.2 Å². The van der Waals surface area contributed by atoms with E-state index in [-0.39, 0.29) is 41.8 Å². The molecule has 8 nitrogen and oxygen atoms in total. The molecule has 1 heterocycles. The molecule has 4 amide bonds. The fourth-order valence-corrected chi connectivity index (χ4v) is 3.18. The van der Waals surface area contributed by atoms with Crippen LogP contribution >= 0.6 is 0 Å². The molecule has 0 aliphatic carbocycles. The predicted molar refractivity (Wildman–Crippen MR) is 113 cm³/mol. The van der Waals surface area contributed by atoms with E-state index in [1.54, 1.807) is 27.7 Å². The number of hydrogen-bond acceptors (Lipinski definition) is 5. The van der Waals surface area contributed by atoms with Gasteiger partial charge in [-0.05, 0) is 25.7 Å². The maximum Gasteiger partial charge on any atom is 0.253 e. The number of unbranched alkanes of at least 4 members (excludes halogenated alkanes) is 2. The second-order valence-corrected chi connectivity index (χ2v) is 9.11. The first-order valence-corrected chi connectivity index (χ1v) is 10.5. The van der Waals surface area contributed by atoms with E-state index in [1.807, 2.05) is 13.8 Å². The molecule has 0 fully saturated rings. The van der Waals surface area contributed by atoms with E-state index in [4.69, 9.17) is 0 Å². The van der Waals surface area contributed by atoms with Gasteiger partial charge in [0.15, 0.2) is 5.78 Å². The zero-order chi connectivity index (χ0) is 23.1. The van der Waals surface area contributed by atoms with Gasteiger partial charge in [0, 0.05) is 30.5 Å². The monoisotopic (exact) mass is 421 g/mol. The predicted octanol–water partition coefficient (Wildman–Crippen LogP) is 1.73. The number of nitrogens with one attached hydrogen (secondary N) is 2. The summed E-state index contributed by atoms with van der Waals surface area (Å²) in [6, 6.07) is -1.36. The van der Waals surface area contributed by atoms with Gasteiger partial charge in [-0.2, -0.15) is 0 Å². The van der Waals surface area contributed by atoms with Crippen molar-refractivity contribution in [1.29, 1.82) is 0 Å². The summed E-state index contributed by atoms with van der Waals surface area (Å²) in [5.41, 5.74) is -0.566. The Morgan fingerprint density at radius 2 is 1.50 bits per heavy atom. The molecule has 1 aliphatic heterocycles. The van der Waals surface area contributed by atoms with Crippen molar-refractivity contribution in [1.82, 2.24) is 15.5 Å². The highest BCUT2D eigenvalue weighted by molar-refractivity contribution is 6.12. The van der Waals surface area contributed by atoms with Crippen LogP contribution in [0.3, 0.4) is 0 Å². The van der Waals surface area contributed by atoms with Crippen molar-refractivity contribution in [2.24, 2.45) is 11.3 Å². The van der Waals surface area contributed by atoms with Crippen LogP contribution in [0.5, 0.6) is 0 Å². The highest BCUT2D eigenvalue weighted by atomic mass is 16.2. The average molecular weight is 422 g/mol. The topological polar surface area (TPSA) is 113 Å². The maximum atomic E-state index is 12.6. The fourth-order valence-electron chi connectivity index (χ4n) is 3.18. The van der Waals surface area contributed by atoms with Gasteiger partial charge >= 0.3 is 0 Å². The number of imide groups is 1. The van der Waals surface area contributed by atoms with Crippen molar-refractivity contribution in [3.8, 4) is 0 Å². The van der Waals surface area contributed by atoms with Crippen LogP contribution in [0.2, 0.25) is 0 Å². The third-order valence-corrected chi connectivity index (χ3v) is 4.94. The summed E-state index contributed by atoms with van der Waals surface area (Å²) in [5, 5.41) is 5.46. The van der Waals surface area contributed by atoms with Crippen molar-refractivity contribution in [3.05, 3.63) is 12.2 Å². The van der Waals surface area contributed by atoms with Crippen molar-refractivity contribution in [3.63, 3.8) is 0 Å². The minimum Gasteiger partial charge on any atom is -0.345 e. The van der Waals surface area contributed by atoms with E-state index < -0.39 is 17.5 Å². The Labute approximate surface area is 178 Å². The SMILES string of the molecule is CC(NC(=O)C(NC(=O)CCCCCN1C(=O)C=CC1=O)C(C)C)C(=O)C(C)(C)C. The summed E-state index contributed by atoms with van der Waals surface area (Å²) in [7, 11) is 0. The van der Waals surface area contributed by atoms with Crippen LogP contribution in [0, 0.1) is 11.3 Å². The summed E-state index contributed by atoms with van der Waals surface area (Å²) in [4.78, 5) is 61.3. The Hall–Kier alpha value is -2.51.